The number of nitrogens with one attached hydrogen (secondary N) is 1. The van der Waals surface area contributed by atoms with Gasteiger partial charge in [-0.15, -0.1) is 0 Å². The Morgan fingerprint density at radius 3 is 2.50 bits per heavy atom. The highest BCUT2D eigenvalue weighted by Crippen LogP contribution is 2.18. The lowest BCUT2D eigenvalue weighted by atomic mass is 10.1. The maximum atomic E-state index is 12.3. The van der Waals surface area contributed by atoms with Gasteiger partial charge in [-0.1, -0.05) is 15.9 Å². The summed E-state index contributed by atoms with van der Waals surface area (Å²) in [6.45, 7) is 4.46. The maximum Gasteiger partial charge on any atom is 0.335 e. The standard InChI is InChI=1S/C15H17BrN2O4/c1-8(2)18-4-3-12(14(18)20)17-13(19)9-5-10(15(21)22)7-11(16)6-9/h5-8,12H,3-4H2,1-2H3,(H,17,19)(H,21,22). The van der Waals surface area contributed by atoms with Crippen molar-refractivity contribution in [1.29, 1.82) is 0 Å². The van der Waals surface area contributed by atoms with Crippen molar-refractivity contribution in [3.05, 3.63) is 33.8 Å². The molecule has 118 valence electrons. The molecule has 22 heavy (non-hydrogen) atoms. The summed E-state index contributed by atoms with van der Waals surface area (Å²) in [5.74, 6) is -1.66. The van der Waals surface area contributed by atoms with Crippen LogP contribution in [0.3, 0.4) is 0 Å². The van der Waals surface area contributed by atoms with Crippen LogP contribution < -0.4 is 5.32 Å². The molecule has 2 rings (SSSR count). The molecular formula is C15H17BrN2O4. The summed E-state index contributed by atoms with van der Waals surface area (Å²) in [7, 11) is 0. The van der Waals surface area contributed by atoms with E-state index >= 15 is 0 Å². The SMILES string of the molecule is CC(C)N1CCC(NC(=O)c2cc(Br)cc(C(=O)O)c2)C1=O. The third-order valence-electron chi connectivity index (χ3n) is 3.58. The van der Waals surface area contributed by atoms with Gasteiger partial charge in [0.05, 0.1) is 5.56 Å². The third-order valence-corrected chi connectivity index (χ3v) is 4.03. The molecule has 0 spiro atoms. The fourth-order valence-electron chi connectivity index (χ4n) is 2.43. The van der Waals surface area contributed by atoms with E-state index in [-0.39, 0.29) is 23.1 Å². The van der Waals surface area contributed by atoms with Crippen LogP contribution in [0.4, 0.5) is 0 Å². The summed E-state index contributed by atoms with van der Waals surface area (Å²) in [5.41, 5.74) is 0.226. The number of hydrogen-bond donors (Lipinski definition) is 2. The molecule has 1 fully saturated rings. The average molecular weight is 369 g/mol. The second-order valence-corrected chi connectivity index (χ2v) is 6.39. The van der Waals surface area contributed by atoms with Gasteiger partial charge in [-0.2, -0.15) is 0 Å². The molecule has 0 saturated carbocycles. The normalized spacial score (nSPS) is 17.9. The van der Waals surface area contributed by atoms with E-state index in [1.807, 2.05) is 13.8 Å². The Morgan fingerprint density at radius 1 is 1.32 bits per heavy atom. The topological polar surface area (TPSA) is 86.7 Å². The number of hydrogen-bond acceptors (Lipinski definition) is 3. The lowest BCUT2D eigenvalue weighted by molar-refractivity contribution is -0.130. The van der Waals surface area contributed by atoms with E-state index < -0.39 is 17.9 Å². The van der Waals surface area contributed by atoms with Crippen LogP contribution in [0.15, 0.2) is 22.7 Å². The first-order valence-corrected chi connectivity index (χ1v) is 7.74. The van der Waals surface area contributed by atoms with Crippen molar-refractivity contribution in [2.75, 3.05) is 6.54 Å². The van der Waals surface area contributed by atoms with Gasteiger partial charge in [0.25, 0.3) is 5.91 Å². The molecule has 1 aromatic rings. The Balaban J connectivity index is 2.13. The number of aromatic carboxylic acids is 1. The number of carboxylic acid groups (broad SMARTS) is 1. The van der Waals surface area contributed by atoms with Crippen molar-refractivity contribution in [3.8, 4) is 0 Å². The number of likely N-dealkylation sites (tertiary alicyclic amines) is 1. The van der Waals surface area contributed by atoms with Crippen LogP contribution in [-0.2, 0) is 4.79 Å². The van der Waals surface area contributed by atoms with E-state index in [0.29, 0.717) is 17.4 Å². The van der Waals surface area contributed by atoms with Crippen LogP contribution in [0.5, 0.6) is 0 Å². The van der Waals surface area contributed by atoms with Gasteiger partial charge in [-0.25, -0.2) is 4.79 Å². The predicted octanol–water partition coefficient (Wildman–Crippen LogP) is 1.89. The zero-order valence-electron chi connectivity index (χ0n) is 12.3. The van der Waals surface area contributed by atoms with Gasteiger partial charge in [0.1, 0.15) is 6.04 Å². The number of nitrogens with zero attached hydrogens (tertiary/aromatic N) is 1. The Hall–Kier alpha value is -1.89. The number of carbonyl (C=O) groups excluding carboxylic acids is 2. The number of carboxylic acids is 1. The molecule has 7 heteroatoms. The zero-order chi connectivity index (χ0) is 16.4. The van der Waals surface area contributed by atoms with Crippen LogP contribution in [0, 0.1) is 0 Å². The molecule has 1 saturated heterocycles. The van der Waals surface area contributed by atoms with Crippen LogP contribution >= 0.6 is 15.9 Å². The molecule has 1 aromatic carbocycles. The molecule has 1 aliphatic rings. The van der Waals surface area contributed by atoms with Gasteiger partial charge < -0.3 is 15.3 Å². The van der Waals surface area contributed by atoms with E-state index in [4.69, 9.17) is 5.11 Å². The Bertz CT molecular complexity index is 630. The minimum atomic E-state index is -1.11. The molecule has 0 radical (unpaired) electrons. The highest BCUT2D eigenvalue weighted by molar-refractivity contribution is 9.10. The van der Waals surface area contributed by atoms with Crippen molar-refractivity contribution in [2.45, 2.75) is 32.4 Å². The number of benzene rings is 1. The predicted molar refractivity (Wildman–Crippen MR) is 83.8 cm³/mol. The smallest absolute Gasteiger partial charge is 0.335 e. The summed E-state index contributed by atoms with van der Waals surface area (Å²) < 4.78 is 0.499. The third kappa shape index (κ3) is 3.47. The average Bonchev–Trinajstić information content (AvgIpc) is 2.79. The van der Waals surface area contributed by atoms with Crippen LogP contribution in [0.25, 0.3) is 0 Å². The van der Waals surface area contributed by atoms with Gasteiger partial charge in [-0.05, 0) is 38.5 Å². The van der Waals surface area contributed by atoms with Crippen molar-refractivity contribution in [3.63, 3.8) is 0 Å². The van der Waals surface area contributed by atoms with Gasteiger partial charge >= 0.3 is 5.97 Å². The minimum absolute atomic E-state index is 0.0149. The van der Waals surface area contributed by atoms with Crippen LogP contribution in [-0.4, -0.2) is 46.4 Å². The highest BCUT2D eigenvalue weighted by atomic mass is 79.9. The molecule has 1 heterocycles. The van der Waals surface area contributed by atoms with E-state index in [9.17, 15) is 14.4 Å². The highest BCUT2D eigenvalue weighted by Gasteiger charge is 2.34. The quantitative estimate of drug-likeness (QED) is 0.849. The molecule has 0 aliphatic carbocycles. The van der Waals surface area contributed by atoms with E-state index in [0.717, 1.165) is 0 Å². The van der Waals surface area contributed by atoms with Crippen molar-refractivity contribution in [1.82, 2.24) is 10.2 Å². The first-order valence-electron chi connectivity index (χ1n) is 6.95. The molecular weight excluding hydrogens is 352 g/mol. The number of carbonyl (C=O) groups is 3. The fraction of sp³-hybridized carbons (Fsp3) is 0.400. The summed E-state index contributed by atoms with van der Waals surface area (Å²) in [4.78, 5) is 37.2. The second-order valence-electron chi connectivity index (χ2n) is 5.47. The minimum Gasteiger partial charge on any atom is -0.478 e. The molecule has 1 aliphatic heterocycles. The number of amides is 2. The Labute approximate surface area is 136 Å². The van der Waals surface area contributed by atoms with Crippen molar-refractivity contribution in [2.24, 2.45) is 0 Å². The largest absolute Gasteiger partial charge is 0.478 e. The number of halogens is 1. The van der Waals surface area contributed by atoms with Gasteiger partial charge in [-0.3, -0.25) is 9.59 Å². The fourth-order valence-corrected chi connectivity index (χ4v) is 2.93. The van der Waals surface area contributed by atoms with Crippen molar-refractivity contribution < 1.29 is 19.5 Å². The molecule has 0 aromatic heterocycles. The number of rotatable bonds is 4. The lowest BCUT2D eigenvalue weighted by Crippen LogP contribution is -2.43. The molecule has 0 bridgehead atoms. The molecule has 1 atom stereocenters. The van der Waals surface area contributed by atoms with Crippen molar-refractivity contribution >= 4 is 33.7 Å². The second kappa shape index (κ2) is 6.48. The molecule has 6 nitrogen and oxygen atoms in total. The van der Waals surface area contributed by atoms with Gasteiger partial charge in [0.15, 0.2) is 0 Å². The van der Waals surface area contributed by atoms with Crippen LogP contribution in [0.1, 0.15) is 41.0 Å². The lowest BCUT2D eigenvalue weighted by Gasteiger charge is -2.21. The Morgan fingerprint density at radius 2 is 1.95 bits per heavy atom. The van der Waals surface area contributed by atoms with E-state index in [2.05, 4.69) is 21.2 Å². The van der Waals surface area contributed by atoms with Crippen LogP contribution in [0.2, 0.25) is 0 Å². The Kier molecular flexibility index (Phi) is 4.85. The van der Waals surface area contributed by atoms with Gasteiger partial charge in [0, 0.05) is 22.6 Å². The summed E-state index contributed by atoms with van der Waals surface area (Å²) in [6, 6.07) is 3.78. The summed E-state index contributed by atoms with van der Waals surface area (Å²) >= 11 is 3.18. The zero-order valence-corrected chi connectivity index (χ0v) is 13.9. The summed E-state index contributed by atoms with van der Waals surface area (Å²) in [5, 5.41) is 11.7. The van der Waals surface area contributed by atoms with Gasteiger partial charge in [0.2, 0.25) is 5.91 Å². The van der Waals surface area contributed by atoms with E-state index in [1.165, 1.54) is 18.2 Å². The monoisotopic (exact) mass is 368 g/mol. The maximum absolute atomic E-state index is 12.3. The molecule has 2 amide bonds. The van der Waals surface area contributed by atoms with E-state index in [1.54, 1.807) is 4.90 Å². The molecule has 1 unspecified atom stereocenters. The first-order chi connectivity index (χ1) is 10.3. The molecule has 2 N–H and O–H groups in total. The summed E-state index contributed by atoms with van der Waals surface area (Å²) in [6.07, 6.45) is 0.558. The first kappa shape index (κ1) is 16.5.